The Hall–Kier alpha value is -3.95. The third kappa shape index (κ3) is 3.96. The van der Waals surface area contributed by atoms with Gasteiger partial charge in [-0.2, -0.15) is 13.9 Å². The number of fused-ring (bicyclic) bond motifs is 2. The number of aromatic nitrogens is 4. The van der Waals surface area contributed by atoms with Gasteiger partial charge in [0.1, 0.15) is 17.3 Å². The molecule has 0 spiro atoms. The Balaban J connectivity index is 1.44. The van der Waals surface area contributed by atoms with Crippen molar-refractivity contribution in [1.29, 1.82) is 0 Å². The number of alkyl halides is 2. The van der Waals surface area contributed by atoms with Crippen LogP contribution in [0, 0.1) is 11.6 Å². The molecule has 0 atom stereocenters. The molecule has 1 aliphatic rings. The Morgan fingerprint density at radius 1 is 1.08 bits per heavy atom. The van der Waals surface area contributed by atoms with Gasteiger partial charge in [0.05, 0.1) is 22.0 Å². The molecular weight excluding hydrogens is 474 g/mol. The maximum atomic E-state index is 15.4. The van der Waals surface area contributed by atoms with Crippen LogP contribution in [-0.2, 0) is 13.0 Å². The topological polar surface area (TPSA) is 64.0 Å². The molecule has 0 aliphatic carbocycles. The second-order valence-electron chi connectivity index (χ2n) is 8.74. The summed E-state index contributed by atoms with van der Waals surface area (Å²) >= 11 is 0. The van der Waals surface area contributed by atoms with Gasteiger partial charge in [-0.25, -0.2) is 8.78 Å². The Kier molecular flexibility index (Phi) is 5.89. The van der Waals surface area contributed by atoms with Crippen molar-refractivity contribution in [3.63, 3.8) is 0 Å². The minimum absolute atomic E-state index is 0.0125. The zero-order valence-electron chi connectivity index (χ0n) is 19.6. The van der Waals surface area contributed by atoms with Crippen LogP contribution >= 0.6 is 0 Å². The second kappa shape index (κ2) is 8.92. The lowest BCUT2D eigenvalue weighted by Gasteiger charge is -2.21. The number of carbonyl (C=O) groups excluding carboxylic acids is 1. The quantitative estimate of drug-likeness (QED) is 0.137. The van der Waals surface area contributed by atoms with Crippen molar-refractivity contribution < 1.29 is 27.0 Å². The number of rotatable bonds is 8. The lowest BCUT2D eigenvalue weighted by molar-refractivity contribution is -0.631. The number of halogens is 4. The summed E-state index contributed by atoms with van der Waals surface area (Å²) in [5, 5.41) is 8.20. The summed E-state index contributed by atoms with van der Waals surface area (Å²) < 4.78 is 62.7. The lowest BCUT2D eigenvalue weighted by Crippen LogP contribution is -2.60. The summed E-state index contributed by atoms with van der Waals surface area (Å²) in [5.41, 5.74) is -0.0853. The van der Waals surface area contributed by atoms with E-state index in [0.717, 1.165) is 29.7 Å². The highest BCUT2D eigenvalue weighted by molar-refractivity contribution is 5.96. The monoisotopic (exact) mass is 496 g/mol. The molecule has 6 nitrogen and oxygen atoms in total. The van der Waals surface area contributed by atoms with Crippen molar-refractivity contribution in [3.8, 4) is 11.3 Å². The van der Waals surface area contributed by atoms with E-state index in [1.807, 2.05) is 6.92 Å². The van der Waals surface area contributed by atoms with Crippen LogP contribution in [0.1, 0.15) is 48.5 Å². The van der Waals surface area contributed by atoms with Gasteiger partial charge in [-0.15, -0.1) is 5.10 Å². The van der Waals surface area contributed by atoms with Gasteiger partial charge in [-0.3, -0.25) is 9.48 Å². The lowest BCUT2D eigenvalue weighted by atomic mass is 10.0. The normalized spacial score (nSPS) is 12.9. The van der Waals surface area contributed by atoms with Gasteiger partial charge in [0.2, 0.25) is 0 Å². The van der Waals surface area contributed by atoms with Gasteiger partial charge in [-0.1, -0.05) is 35.5 Å². The van der Waals surface area contributed by atoms with Crippen LogP contribution < -0.4 is 4.68 Å². The molecule has 0 saturated heterocycles. The molecule has 0 fully saturated rings. The van der Waals surface area contributed by atoms with Crippen LogP contribution in [0.5, 0.6) is 0 Å². The zero-order valence-corrected chi connectivity index (χ0v) is 19.6. The Morgan fingerprint density at radius 3 is 2.64 bits per heavy atom. The summed E-state index contributed by atoms with van der Waals surface area (Å²) in [4.78, 5) is 16.1. The maximum Gasteiger partial charge on any atom is 0.364 e. The number of benzene rings is 2. The predicted octanol–water partition coefficient (Wildman–Crippen LogP) is 5.65. The Bertz CT molecular complexity index is 1540. The SMILES string of the molecule is CCCCCC(=O)c1ccc(-c2ccc3[n+](n2)C(C(F)(F)c2ccc4nn(C)cc4c2F)=N3)cc1F. The fourth-order valence-electron chi connectivity index (χ4n) is 4.24. The first-order chi connectivity index (χ1) is 17.2. The van der Waals surface area contributed by atoms with E-state index in [0.29, 0.717) is 12.0 Å². The molecule has 2 aromatic carbocycles. The number of Topliss-reactive ketones (excluding diaryl/α,β-unsaturated/α-hetero) is 1. The molecule has 0 N–H and O–H groups in total. The molecular formula is C26H22F4N5O+. The molecule has 10 heteroatoms. The summed E-state index contributed by atoms with van der Waals surface area (Å²) in [5.74, 6) is -6.44. The fraction of sp³-hybridized carbons (Fsp3) is 0.269. The molecule has 2 aromatic heterocycles. The Morgan fingerprint density at radius 2 is 1.89 bits per heavy atom. The largest absolute Gasteiger partial charge is 0.364 e. The number of nitrogens with zero attached hydrogens (tertiary/aromatic N) is 5. The average Bonchev–Trinajstić information content (AvgIpc) is 3.21. The highest BCUT2D eigenvalue weighted by Crippen LogP contribution is 2.37. The summed E-state index contributed by atoms with van der Waals surface area (Å²) in [6.45, 7) is 2.01. The van der Waals surface area contributed by atoms with E-state index in [2.05, 4.69) is 15.2 Å². The first-order valence-electron chi connectivity index (χ1n) is 11.6. The number of hydrogen-bond acceptors (Lipinski definition) is 4. The molecule has 0 saturated carbocycles. The number of carbonyl (C=O) groups is 1. The fourth-order valence-corrected chi connectivity index (χ4v) is 4.24. The van der Waals surface area contributed by atoms with Crippen molar-refractivity contribution in [3.05, 3.63) is 71.4 Å². The molecule has 0 bridgehead atoms. The predicted molar refractivity (Wildman–Crippen MR) is 125 cm³/mol. The van der Waals surface area contributed by atoms with Crippen LogP contribution in [0.25, 0.3) is 22.2 Å². The van der Waals surface area contributed by atoms with Gasteiger partial charge in [0.25, 0.3) is 5.82 Å². The molecule has 5 rings (SSSR count). The number of aryl methyl sites for hydroxylation is 1. The van der Waals surface area contributed by atoms with Crippen LogP contribution in [-0.4, -0.2) is 26.5 Å². The molecule has 3 heterocycles. The van der Waals surface area contributed by atoms with Gasteiger partial charge in [0, 0.05) is 31.3 Å². The Labute approximate surface area is 203 Å². The number of ketones is 1. The van der Waals surface area contributed by atoms with E-state index in [-0.39, 0.29) is 40.2 Å². The summed E-state index contributed by atoms with van der Waals surface area (Å²) in [6, 6.07) is 9.35. The molecule has 0 amide bonds. The molecule has 0 unspecified atom stereocenters. The highest BCUT2D eigenvalue weighted by Gasteiger charge is 2.52. The highest BCUT2D eigenvalue weighted by atomic mass is 19.3. The van der Waals surface area contributed by atoms with E-state index in [4.69, 9.17) is 0 Å². The third-order valence-corrected chi connectivity index (χ3v) is 6.17. The minimum Gasteiger partial charge on any atom is -0.294 e. The van der Waals surface area contributed by atoms with Crippen LogP contribution in [0.3, 0.4) is 0 Å². The average molecular weight is 496 g/mol. The smallest absolute Gasteiger partial charge is 0.294 e. The number of hydrogen-bond donors (Lipinski definition) is 0. The molecule has 0 radical (unpaired) electrons. The zero-order chi connectivity index (χ0) is 25.6. The van der Waals surface area contributed by atoms with Crippen LogP contribution in [0.4, 0.5) is 23.4 Å². The van der Waals surface area contributed by atoms with Crippen LogP contribution in [0.2, 0.25) is 0 Å². The van der Waals surface area contributed by atoms with Crippen molar-refractivity contribution in [2.45, 2.75) is 38.5 Å². The standard InChI is InChI=1S/C26H22F4N5O/c1-3-4-5-6-22(36)16-8-7-15(13-19(16)27)20-11-12-23-31-25(35(23)33-20)26(29,30)18-9-10-21-17(24(18)28)14-34(2)32-21/h7-14H,3-6H2,1-2H3/q+1. The number of aliphatic imine (C=N–C) groups is 1. The van der Waals surface area contributed by atoms with Crippen molar-refractivity contribution in [1.82, 2.24) is 14.9 Å². The summed E-state index contributed by atoms with van der Waals surface area (Å²) in [6.07, 6.45) is 4.11. The first kappa shape index (κ1) is 23.8. The van der Waals surface area contributed by atoms with E-state index < -0.39 is 29.0 Å². The molecule has 36 heavy (non-hydrogen) atoms. The van der Waals surface area contributed by atoms with E-state index in [1.54, 1.807) is 7.05 Å². The van der Waals surface area contributed by atoms with Gasteiger partial charge in [0.15, 0.2) is 5.78 Å². The summed E-state index contributed by atoms with van der Waals surface area (Å²) in [7, 11) is 1.57. The van der Waals surface area contributed by atoms with Gasteiger partial charge >= 0.3 is 11.8 Å². The van der Waals surface area contributed by atoms with Crippen LogP contribution in [0.15, 0.2) is 53.7 Å². The van der Waals surface area contributed by atoms with Crippen molar-refractivity contribution in [2.75, 3.05) is 0 Å². The van der Waals surface area contributed by atoms with E-state index in [9.17, 15) is 13.6 Å². The molecule has 184 valence electrons. The molecule has 4 aromatic rings. The van der Waals surface area contributed by atoms with Gasteiger partial charge < -0.3 is 0 Å². The van der Waals surface area contributed by atoms with E-state index in [1.165, 1.54) is 41.2 Å². The maximum absolute atomic E-state index is 15.4. The molecule has 1 aliphatic heterocycles. The van der Waals surface area contributed by atoms with E-state index >= 15 is 8.78 Å². The second-order valence-corrected chi connectivity index (χ2v) is 8.74. The number of unbranched alkanes of at least 4 members (excludes halogenated alkanes) is 2. The van der Waals surface area contributed by atoms with Crippen molar-refractivity contribution >= 4 is 28.3 Å². The van der Waals surface area contributed by atoms with Gasteiger partial charge in [-0.05, 0) is 36.8 Å². The first-order valence-corrected chi connectivity index (χ1v) is 11.6. The third-order valence-electron chi connectivity index (χ3n) is 6.17. The minimum atomic E-state index is -3.78. The van der Waals surface area contributed by atoms with Crippen molar-refractivity contribution in [2.24, 2.45) is 12.0 Å².